The smallest absolute Gasteiger partial charge is 0.0684 e. The van der Waals surface area contributed by atoms with Gasteiger partial charge in [-0.05, 0) is 53.2 Å². The number of hydrogen-bond acceptors (Lipinski definition) is 3. The molecule has 1 rings (SSSR count). The molecular formula is C12H23N3. The van der Waals surface area contributed by atoms with Gasteiger partial charge in [-0.2, -0.15) is 5.26 Å². The van der Waals surface area contributed by atoms with Crippen molar-refractivity contribution >= 4 is 0 Å². The first-order valence-electron chi connectivity index (χ1n) is 5.87. The second kappa shape index (κ2) is 5.48. The Bertz CT molecular complexity index is 224. The molecule has 1 aliphatic heterocycles. The maximum atomic E-state index is 8.94. The van der Waals surface area contributed by atoms with Crippen LogP contribution in [0.1, 0.15) is 33.1 Å². The molecule has 0 amide bonds. The van der Waals surface area contributed by atoms with E-state index in [0.717, 1.165) is 26.1 Å². The minimum atomic E-state index is -0.184. The molecule has 1 saturated heterocycles. The van der Waals surface area contributed by atoms with Gasteiger partial charge in [0, 0.05) is 12.6 Å². The van der Waals surface area contributed by atoms with Crippen LogP contribution in [-0.2, 0) is 0 Å². The summed E-state index contributed by atoms with van der Waals surface area (Å²) in [6.07, 6.45) is 3.52. The maximum Gasteiger partial charge on any atom is 0.0684 e. The fourth-order valence-electron chi connectivity index (χ4n) is 1.90. The van der Waals surface area contributed by atoms with Crippen LogP contribution in [0.3, 0.4) is 0 Å². The molecule has 0 spiro atoms. The van der Waals surface area contributed by atoms with E-state index in [1.807, 2.05) is 13.8 Å². The van der Waals surface area contributed by atoms with Gasteiger partial charge in [-0.3, -0.25) is 0 Å². The van der Waals surface area contributed by atoms with Gasteiger partial charge in [-0.15, -0.1) is 0 Å². The molecule has 0 aliphatic carbocycles. The van der Waals surface area contributed by atoms with Crippen molar-refractivity contribution in [3.05, 3.63) is 0 Å². The number of rotatable bonds is 4. The lowest BCUT2D eigenvalue weighted by atomic mass is 9.91. The molecule has 15 heavy (non-hydrogen) atoms. The summed E-state index contributed by atoms with van der Waals surface area (Å²) in [4.78, 5) is 2.39. The van der Waals surface area contributed by atoms with Crippen LogP contribution in [0.2, 0.25) is 0 Å². The highest BCUT2D eigenvalue weighted by atomic mass is 15.2. The van der Waals surface area contributed by atoms with Crippen molar-refractivity contribution in [3.8, 4) is 6.07 Å². The average Bonchev–Trinajstić information content (AvgIpc) is 2.27. The van der Waals surface area contributed by atoms with E-state index in [2.05, 4.69) is 23.3 Å². The highest BCUT2D eigenvalue weighted by Crippen LogP contribution is 2.20. The van der Waals surface area contributed by atoms with Crippen molar-refractivity contribution in [2.45, 2.75) is 39.2 Å². The Labute approximate surface area is 93.5 Å². The van der Waals surface area contributed by atoms with Crippen LogP contribution < -0.4 is 5.32 Å². The van der Waals surface area contributed by atoms with Crippen LogP contribution in [0.5, 0.6) is 0 Å². The normalized spacial score (nSPS) is 22.7. The van der Waals surface area contributed by atoms with Gasteiger partial charge >= 0.3 is 0 Å². The first kappa shape index (κ1) is 12.5. The topological polar surface area (TPSA) is 39.1 Å². The van der Waals surface area contributed by atoms with Crippen LogP contribution in [0.15, 0.2) is 0 Å². The summed E-state index contributed by atoms with van der Waals surface area (Å²) >= 11 is 0. The molecule has 1 unspecified atom stereocenters. The third-order valence-electron chi connectivity index (χ3n) is 3.29. The van der Waals surface area contributed by atoms with Gasteiger partial charge in [0.05, 0.1) is 11.5 Å². The Morgan fingerprint density at radius 3 is 2.80 bits per heavy atom. The largest absolute Gasteiger partial charge is 0.315 e. The van der Waals surface area contributed by atoms with E-state index >= 15 is 0 Å². The summed E-state index contributed by atoms with van der Waals surface area (Å²) in [5.41, 5.74) is -0.184. The third-order valence-corrected chi connectivity index (χ3v) is 3.29. The lowest BCUT2D eigenvalue weighted by Crippen LogP contribution is -2.44. The minimum absolute atomic E-state index is 0.184. The minimum Gasteiger partial charge on any atom is -0.315 e. The van der Waals surface area contributed by atoms with Gasteiger partial charge in [-0.1, -0.05) is 0 Å². The molecule has 1 aliphatic rings. The number of nitrogens with zero attached hydrogens (tertiary/aromatic N) is 2. The molecule has 1 N–H and O–H groups in total. The zero-order valence-corrected chi connectivity index (χ0v) is 10.2. The highest BCUT2D eigenvalue weighted by molar-refractivity contribution is 4.92. The zero-order chi connectivity index (χ0) is 11.3. The van der Waals surface area contributed by atoms with Gasteiger partial charge in [0.2, 0.25) is 0 Å². The Morgan fingerprint density at radius 1 is 1.53 bits per heavy atom. The van der Waals surface area contributed by atoms with E-state index in [1.165, 1.54) is 12.8 Å². The number of nitriles is 1. The van der Waals surface area contributed by atoms with Gasteiger partial charge in [0.25, 0.3) is 0 Å². The maximum absolute atomic E-state index is 8.94. The summed E-state index contributed by atoms with van der Waals surface area (Å²) in [6, 6.07) is 3.02. The molecule has 1 atom stereocenters. The number of likely N-dealkylation sites (N-methyl/N-ethyl adjacent to an activating group) is 1. The lowest BCUT2D eigenvalue weighted by molar-refractivity contribution is 0.186. The third kappa shape index (κ3) is 4.19. The Morgan fingerprint density at radius 2 is 2.27 bits per heavy atom. The molecule has 1 fully saturated rings. The van der Waals surface area contributed by atoms with Crippen molar-refractivity contribution in [1.82, 2.24) is 10.2 Å². The Balaban J connectivity index is 2.29. The molecule has 0 bridgehead atoms. The standard InChI is InChI=1S/C12H23N3/c1-12(2,10-13)6-8-15(3)11-5-4-7-14-9-11/h11,14H,4-9H2,1-3H3. The van der Waals surface area contributed by atoms with Crippen molar-refractivity contribution in [3.63, 3.8) is 0 Å². The summed E-state index contributed by atoms with van der Waals surface area (Å²) in [7, 11) is 2.17. The van der Waals surface area contributed by atoms with Crippen molar-refractivity contribution in [2.75, 3.05) is 26.7 Å². The predicted molar refractivity (Wildman–Crippen MR) is 62.5 cm³/mol. The first-order valence-corrected chi connectivity index (χ1v) is 5.87. The molecule has 3 nitrogen and oxygen atoms in total. The number of hydrogen-bond donors (Lipinski definition) is 1. The fourth-order valence-corrected chi connectivity index (χ4v) is 1.90. The van der Waals surface area contributed by atoms with Gasteiger partial charge in [0.1, 0.15) is 0 Å². The quantitative estimate of drug-likeness (QED) is 0.764. The van der Waals surface area contributed by atoms with E-state index in [4.69, 9.17) is 5.26 Å². The molecule has 1 heterocycles. The second-order valence-corrected chi connectivity index (χ2v) is 5.23. The molecule has 3 heteroatoms. The van der Waals surface area contributed by atoms with E-state index in [0.29, 0.717) is 6.04 Å². The van der Waals surface area contributed by atoms with E-state index in [-0.39, 0.29) is 5.41 Å². The zero-order valence-electron chi connectivity index (χ0n) is 10.2. The second-order valence-electron chi connectivity index (χ2n) is 5.23. The van der Waals surface area contributed by atoms with Crippen molar-refractivity contribution < 1.29 is 0 Å². The molecule has 0 aromatic carbocycles. The van der Waals surface area contributed by atoms with Crippen molar-refractivity contribution in [1.29, 1.82) is 5.26 Å². The number of piperidine rings is 1. The molecule has 0 radical (unpaired) electrons. The summed E-state index contributed by atoms with van der Waals surface area (Å²) < 4.78 is 0. The van der Waals surface area contributed by atoms with Crippen LogP contribution >= 0.6 is 0 Å². The van der Waals surface area contributed by atoms with Gasteiger partial charge < -0.3 is 10.2 Å². The van der Waals surface area contributed by atoms with Crippen LogP contribution in [-0.4, -0.2) is 37.6 Å². The SMILES string of the molecule is CN(CCC(C)(C)C#N)C1CCCNC1. The molecule has 0 aromatic heterocycles. The summed E-state index contributed by atoms with van der Waals surface area (Å²) in [5, 5.41) is 12.4. The van der Waals surface area contributed by atoms with E-state index in [9.17, 15) is 0 Å². The molecule has 0 aromatic rings. The van der Waals surface area contributed by atoms with Crippen LogP contribution in [0.25, 0.3) is 0 Å². The monoisotopic (exact) mass is 209 g/mol. The fraction of sp³-hybridized carbons (Fsp3) is 0.917. The van der Waals surface area contributed by atoms with Crippen LogP contribution in [0, 0.1) is 16.7 Å². The van der Waals surface area contributed by atoms with Gasteiger partial charge in [0.15, 0.2) is 0 Å². The molecule has 0 saturated carbocycles. The average molecular weight is 209 g/mol. The van der Waals surface area contributed by atoms with Crippen molar-refractivity contribution in [2.24, 2.45) is 5.41 Å². The Hall–Kier alpha value is -0.590. The predicted octanol–water partition coefficient (Wildman–Crippen LogP) is 1.61. The number of nitrogens with one attached hydrogen (secondary N) is 1. The van der Waals surface area contributed by atoms with Crippen LogP contribution in [0.4, 0.5) is 0 Å². The highest BCUT2D eigenvalue weighted by Gasteiger charge is 2.21. The lowest BCUT2D eigenvalue weighted by Gasteiger charge is -2.32. The Kier molecular flexibility index (Phi) is 4.56. The van der Waals surface area contributed by atoms with E-state index in [1.54, 1.807) is 0 Å². The first-order chi connectivity index (χ1) is 7.05. The van der Waals surface area contributed by atoms with E-state index < -0.39 is 0 Å². The summed E-state index contributed by atoms with van der Waals surface area (Å²) in [6.45, 7) is 7.31. The van der Waals surface area contributed by atoms with Gasteiger partial charge in [-0.25, -0.2) is 0 Å². The molecular weight excluding hydrogens is 186 g/mol. The summed E-state index contributed by atoms with van der Waals surface area (Å²) in [5.74, 6) is 0. The molecule has 86 valence electrons.